The third kappa shape index (κ3) is 4.55. The van der Waals surface area contributed by atoms with Crippen LogP contribution in [0.1, 0.15) is 31.4 Å². The van der Waals surface area contributed by atoms with Gasteiger partial charge in [-0.1, -0.05) is 30.3 Å². The van der Waals surface area contributed by atoms with Crippen LogP contribution in [0.5, 0.6) is 0 Å². The Hall–Kier alpha value is -1.88. The topological polar surface area (TPSA) is 92.4 Å². The molecule has 2 atom stereocenters. The number of carbonyl (C=O) groups is 2. The Morgan fingerprint density at radius 1 is 1.33 bits per heavy atom. The summed E-state index contributed by atoms with van der Waals surface area (Å²) in [6.07, 6.45) is 0.344. The first kappa shape index (κ1) is 14.2. The second-order valence-corrected chi connectivity index (χ2v) is 4.19. The van der Waals surface area contributed by atoms with Gasteiger partial charge in [-0.25, -0.2) is 0 Å². The fourth-order valence-electron chi connectivity index (χ4n) is 1.58. The zero-order valence-corrected chi connectivity index (χ0v) is 10.3. The van der Waals surface area contributed by atoms with Gasteiger partial charge in [0, 0.05) is 6.42 Å². The number of hydrogen-bond donors (Lipinski definition) is 3. The highest BCUT2D eigenvalue weighted by molar-refractivity contribution is 5.81. The molecule has 18 heavy (non-hydrogen) atoms. The Bertz CT molecular complexity index is 404. The smallest absolute Gasteiger partial charge is 0.303 e. The molecule has 98 valence electrons. The lowest BCUT2D eigenvalue weighted by Crippen LogP contribution is -2.40. The maximum Gasteiger partial charge on any atom is 0.303 e. The zero-order chi connectivity index (χ0) is 13.5. The van der Waals surface area contributed by atoms with Gasteiger partial charge in [-0.3, -0.25) is 9.59 Å². The number of benzene rings is 1. The Morgan fingerprint density at radius 2 is 1.94 bits per heavy atom. The molecule has 1 rings (SSSR count). The van der Waals surface area contributed by atoms with Gasteiger partial charge < -0.3 is 16.2 Å². The van der Waals surface area contributed by atoms with Crippen molar-refractivity contribution < 1.29 is 14.7 Å². The quantitative estimate of drug-likeness (QED) is 0.703. The number of nitrogens with two attached hydrogens (primary N) is 1. The van der Waals surface area contributed by atoms with Crippen molar-refractivity contribution in [2.45, 2.75) is 31.8 Å². The summed E-state index contributed by atoms with van der Waals surface area (Å²) in [6, 6.07) is 8.34. The van der Waals surface area contributed by atoms with E-state index in [2.05, 4.69) is 5.32 Å². The highest BCUT2D eigenvalue weighted by Crippen LogP contribution is 2.18. The van der Waals surface area contributed by atoms with Crippen molar-refractivity contribution in [1.82, 2.24) is 5.32 Å². The summed E-state index contributed by atoms with van der Waals surface area (Å²) in [5, 5.41) is 11.5. The number of nitrogens with one attached hydrogen (secondary N) is 1. The van der Waals surface area contributed by atoms with E-state index in [-0.39, 0.29) is 18.4 Å². The molecule has 0 fully saturated rings. The third-order valence-corrected chi connectivity index (χ3v) is 2.58. The molecule has 0 saturated heterocycles. The second-order valence-electron chi connectivity index (χ2n) is 4.19. The molecule has 1 amide bonds. The predicted molar refractivity (Wildman–Crippen MR) is 67.8 cm³/mol. The molecule has 1 aromatic carbocycles. The molecular weight excluding hydrogens is 232 g/mol. The summed E-state index contributed by atoms with van der Waals surface area (Å²) in [7, 11) is 0. The molecule has 0 saturated carbocycles. The average Bonchev–Trinajstić information content (AvgIpc) is 2.34. The van der Waals surface area contributed by atoms with E-state index in [0.29, 0.717) is 6.42 Å². The number of amides is 1. The Balaban J connectivity index is 2.75. The van der Waals surface area contributed by atoms with Gasteiger partial charge in [-0.15, -0.1) is 0 Å². The van der Waals surface area contributed by atoms with Crippen LogP contribution >= 0.6 is 0 Å². The Labute approximate surface area is 106 Å². The highest BCUT2D eigenvalue weighted by atomic mass is 16.4. The van der Waals surface area contributed by atoms with Gasteiger partial charge in [0.25, 0.3) is 0 Å². The zero-order valence-electron chi connectivity index (χ0n) is 10.3. The summed E-state index contributed by atoms with van der Waals surface area (Å²) in [6.45, 7) is 1.59. The van der Waals surface area contributed by atoms with E-state index in [0.717, 1.165) is 5.56 Å². The number of rotatable bonds is 6. The predicted octanol–water partition coefficient (Wildman–Crippen LogP) is 1.06. The molecule has 0 spiro atoms. The summed E-state index contributed by atoms with van der Waals surface area (Å²) in [5.41, 5.74) is 6.37. The first-order chi connectivity index (χ1) is 8.50. The van der Waals surface area contributed by atoms with Crippen molar-refractivity contribution in [1.29, 1.82) is 0 Å². The molecule has 0 aromatic heterocycles. The normalized spacial score (nSPS) is 13.7. The van der Waals surface area contributed by atoms with E-state index in [1.807, 2.05) is 30.3 Å². The number of aliphatic carboxylic acids is 1. The number of carboxylic acids is 1. The van der Waals surface area contributed by atoms with Crippen LogP contribution in [0, 0.1) is 0 Å². The van der Waals surface area contributed by atoms with Crippen LogP contribution in [0.15, 0.2) is 30.3 Å². The molecule has 0 heterocycles. The molecule has 2 unspecified atom stereocenters. The molecule has 5 nitrogen and oxygen atoms in total. The minimum atomic E-state index is -0.883. The van der Waals surface area contributed by atoms with Crippen molar-refractivity contribution in [2.75, 3.05) is 0 Å². The average molecular weight is 250 g/mol. The molecule has 0 aliphatic rings. The summed E-state index contributed by atoms with van der Waals surface area (Å²) in [5.74, 6) is -1.17. The van der Waals surface area contributed by atoms with E-state index in [1.165, 1.54) is 0 Å². The molecule has 0 aliphatic carbocycles. The molecule has 1 aromatic rings. The van der Waals surface area contributed by atoms with Crippen LogP contribution in [0.25, 0.3) is 0 Å². The molecule has 5 heteroatoms. The SMILES string of the molecule is CC(N)C(=O)NC(CCC(=O)O)c1ccccc1. The van der Waals surface area contributed by atoms with E-state index >= 15 is 0 Å². The van der Waals surface area contributed by atoms with Crippen molar-refractivity contribution in [3.05, 3.63) is 35.9 Å². The van der Waals surface area contributed by atoms with E-state index in [9.17, 15) is 9.59 Å². The summed E-state index contributed by atoms with van der Waals surface area (Å²) >= 11 is 0. The monoisotopic (exact) mass is 250 g/mol. The van der Waals surface area contributed by atoms with E-state index < -0.39 is 12.0 Å². The second kappa shape index (κ2) is 6.76. The van der Waals surface area contributed by atoms with Crippen molar-refractivity contribution in [3.63, 3.8) is 0 Å². The van der Waals surface area contributed by atoms with Crippen molar-refractivity contribution in [2.24, 2.45) is 5.73 Å². The van der Waals surface area contributed by atoms with Crippen LogP contribution in [0.2, 0.25) is 0 Å². The van der Waals surface area contributed by atoms with Crippen LogP contribution in [-0.4, -0.2) is 23.0 Å². The van der Waals surface area contributed by atoms with Gasteiger partial charge >= 0.3 is 5.97 Å². The highest BCUT2D eigenvalue weighted by Gasteiger charge is 2.17. The van der Waals surface area contributed by atoms with Crippen molar-refractivity contribution >= 4 is 11.9 Å². The van der Waals surface area contributed by atoms with Gasteiger partial charge in [-0.2, -0.15) is 0 Å². The third-order valence-electron chi connectivity index (χ3n) is 2.58. The molecular formula is C13H18N2O3. The van der Waals surface area contributed by atoms with Crippen LogP contribution in [-0.2, 0) is 9.59 Å². The van der Waals surface area contributed by atoms with Crippen LogP contribution in [0.4, 0.5) is 0 Å². The molecule has 0 radical (unpaired) electrons. The standard InChI is InChI=1S/C13H18N2O3/c1-9(14)13(18)15-11(7-8-12(16)17)10-5-3-2-4-6-10/h2-6,9,11H,7-8,14H2,1H3,(H,15,18)(H,16,17). The first-order valence-electron chi connectivity index (χ1n) is 5.83. The lowest BCUT2D eigenvalue weighted by Gasteiger charge is -2.19. The van der Waals surface area contributed by atoms with Crippen LogP contribution < -0.4 is 11.1 Å². The Morgan fingerprint density at radius 3 is 2.44 bits per heavy atom. The first-order valence-corrected chi connectivity index (χ1v) is 5.83. The minimum absolute atomic E-state index is 0.00120. The summed E-state index contributed by atoms with van der Waals surface area (Å²) in [4.78, 5) is 22.2. The molecule has 0 aliphatic heterocycles. The molecule has 4 N–H and O–H groups in total. The summed E-state index contributed by atoms with van der Waals surface area (Å²) < 4.78 is 0. The van der Waals surface area contributed by atoms with Gasteiger partial charge in [0.15, 0.2) is 0 Å². The van der Waals surface area contributed by atoms with E-state index in [1.54, 1.807) is 6.92 Å². The van der Waals surface area contributed by atoms with Crippen molar-refractivity contribution in [3.8, 4) is 0 Å². The molecule has 0 bridgehead atoms. The minimum Gasteiger partial charge on any atom is -0.481 e. The number of carbonyl (C=O) groups excluding carboxylic acids is 1. The van der Waals surface area contributed by atoms with Gasteiger partial charge in [0.05, 0.1) is 12.1 Å². The lowest BCUT2D eigenvalue weighted by molar-refractivity contribution is -0.137. The van der Waals surface area contributed by atoms with Gasteiger partial charge in [0.1, 0.15) is 0 Å². The van der Waals surface area contributed by atoms with E-state index in [4.69, 9.17) is 10.8 Å². The fourth-order valence-corrected chi connectivity index (χ4v) is 1.58. The Kier molecular flexibility index (Phi) is 5.32. The van der Waals surface area contributed by atoms with Gasteiger partial charge in [0.2, 0.25) is 5.91 Å². The van der Waals surface area contributed by atoms with Gasteiger partial charge in [-0.05, 0) is 18.9 Å². The van der Waals surface area contributed by atoms with Crippen LogP contribution in [0.3, 0.4) is 0 Å². The lowest BCUT2D eigenvalue weighted by atomic mass is 10.0. The fraction of sp³-hybridized carbons (Fsp3) is 0.385. The maximum atomic E-state index is 11.6. The largest absolute Gasteiger partial charge is 0.481 e. The number of carboxylic acid groups (broad SMARTS) is 1. The number of hydrogen-bond acceptors (Lipinski definition) is 3. The maximum absolute atomic E-state index is 11.6.